The second-order valence-corrected chi connectivity index (χ2v) is 6.81. The highest BCUT2D eigenvalue weighted by Crippen LogP contribution is 2.24. The SMILES string of the molecule is CCOC(=O)C1CCN(CC2CN(c3ccc(CN)cc3)C(=O)O2)CC1. The van der Waals surface area contributed by atoms with Gasteiger partial charge in [0, 0.05) is 18.8 Å². The minimum absolute atomic E-state index is 0.00473. The fraction of sp³-hybridized carbons (Fsp3) is 0.579. The largest absolute Gasteiger partial charge is 0.466 e. The number of hydrogen-bond acceptors (Lipinski definition) is 6. The summed E-state index contributed by atoms with van der Waals surface area (Å²) in [6, 6.07) is 7.65. The van der Waals surface area contributed by atoms with Gasteiger partial charge in [0.1, 0.15) is 6.10 Å². The van der Waals surface area contributed by atoms with Gasteiger partial charge in [-0.05, 0) is 50.6 Å². The normalized spacial score (nSPS) is 21.7. The number of piperidine rings is 1. The second kappa shape index (κ2) is 8.51. The first-order valence-electron chi connectivity index (χ1n) is 9.26. The van der Waals surface area contributed by atoms with Crippen LogP contribution in [0.3, 0.4) is 0 Å². The van der Waals surface area contributed by atoms with E-state index >= 15 is 0 Å². The summed E-state index contributed by atoms with van der Waals surface area (Å²) in [6.45, 7) is 5.62. The van der Waals surface area contributed by atoms with Crippen molar-refractivity contribution in [2.75, 3.05) is 37.7 Å². The highest BCUT2D eigenvalue weighted by Gasteiger charge is 2.35. The van der Waals surface area contributed by atoms with Crippen molar-refractivity contribution in [2.24, 2.45) is 11.7 Å². The Morgan fingerprint density at radius 1 is 1.27 bits per heavy atom. The zero-order valence-electron chi connectivity index (χ0n) is 15.2. The molecule has 0 aliphatic carbocycles. The lowest BCUT2D eigenvalue weighted by Crippen LogP contribution is -2.41. The second-order valence-electron chi connectivity index (χ2n) is 6.81. The van der Waals surface area contributed by atoms with Gasteiger partial charge in [0.05, 0.1) is 19.1 Å². The Labute approximate surface area is 154 Å². The van der Waals surface area contributed by atoms with Gasteiger partial charge < -0.3 is 15.2 Å². The predicted molar refractivity (Wildman–Crippen MR) is 97.7 cm³/mol. The number of esters is 1. The van der Waals surface area contributed by atoms with Crippen LogP contribution in [0, 0.1) is 5.92 Å². The van der Waals surface area contributed by atoms with Crippen molar-refractivity contribution in [1.82, 2.24) is 4.90 Å². The zero-order valence-corrected chi connectivity index (χ0v) is 15.2. The van der Waals surface area contributed by atoms with E-state index < -0.39 is 0 Å². The molecule has 3 rings (SSSR count). The molecule has 1 aromatic rings. The Morgan fingerprint density at radius 3 is 2.58 bits per heavy atom. The minimum atomic E-state index is -0.308. The maximum absolute atomic E-state index is 12.2. The highest BCUT2D eigenvalue weighted by molar-refractivity contribution is 5.89. The van der Waals surface area contributed by atoms with E-state index in [-0.39, 0.29) is 24.1 Å². The molecule has 1 atom stereocenters. The number of ether oxygens (including phenoxy) is 2. The summed E-state index contributed by atoms with van der Waals surface area (Å²) in [5, 5.41) is 0. The molecule has 142 valence electrons. The fourth-order valence-electron chi connectivity index (χ4n) is 3.54. The van der Waals surface area contributed by atoms with Crippen molar-refractivity contribution in [3.8, 4) is 0 Å². The molecule has 1 unspecified atom stereocenters. The first kappa shape index (κ1) is 18.7. The smallest absolute Gasteiger partial charge is 0.414 e. The molecule has 0 bridgehead atoms. The van der Waals surface area contributed by atoms with Crippen molar-refractivity contribution in [2.45, 2.75) is 32.4 Å². The lowest BCUT2D eigenvalue weighted by atomic mass is 9.97. The van der Waals surface area contributed by atoms with E-state index in [0.717, 1.165) is 37.2 Å². The van der Waals surface area contributed by atoms with Gasteiger partial charge in [0.2, 0.25) is 0 Å². The van der Waals surface area contributed by atoms with E-state index in [9.17, 15) is 9.59 Å². The van der Waals surface area contributed by atoms with Crippen LogP contribution in [0.15, 0.2) is 24.3 Å². The molecule has 2 aliphatic rings. The van der Waals surface area contributed by atoms with Gasteiger partial charge in [-0.3, -0.25) is 14.6 Å². The Hall–Kier alpha value is -2.12. The third-order valence-electron chi connectivity index (χ3n) is 5.03. The van der Waals surface area contributed by atoms with E-state index in [0.29, 0.717) is 26.2 Å². The summed E-state index contributed by atoms with van der Waals surface area (Å²) in [5.74, 6) is -0.0959. The summed E-state index contributed by atoms with van der Waals surface area (Å²) in [6.07, 6.45) is 1.13. The van der Waals surface area contributed by atoms with E-state index in [4.69, 9.17) is 15.2 Å². The van der Waals surface area contributed by atoms with Crippen molar-refractivity contribution in [3.63, 3.8) is 0 Å². The maximum atomic E-state index is 12.2. The first-order valence-corrected chi connectivity index (χ1v) is 9.26. The summed E-state index contributed by atoms with van der Waals surface area (Å²) in [4.78, 5) is 27.9. The van der Waals surface area contributed by atoms with E-state index in [2.05, 4.69) is 4.90 Å². The number of anilines is 1. The summed E-state index contributed by atoms with van der Waals surface area (Å²) in [7, 11) is 0. The molecule has 0 saturated carbocycles. The number of cyclic esters (lactones) is 1. The molecule has 0 spiro atoms. The summed E-state index contributed by atoms with van der Waals surface area (Å²) >= 11 is 0. The van der Waals surface area contributed by atoms with Crippen LogP contribution >= 0.6 is 0 Å². The molecular weight excluding hydrogens is 334 g/mol. The maximum Gasteiger partial charge on any atom is 0.414 e. The molecular formula is C19H27N3O4. The third kappa shape index (κ3) is 4.34. The Kier molecular flexibility index (Phi) is 6.11. The van der Waals surface area contributed by atoms with Crippen molar-refractivity contribution >= 4 is 17.7 Å². The first-order chi connectivity index (χ1) is 12.6. The van der Waals surface area contributed by atoms with Crippen LogP contribution in [0.4, 0.5) is 10.5 Å². The minimum Gasteiger partial charge on any atom is -0.466 e. The Morgan fingerprint density at radius 2 is 1.96 bits per heavy atom. The summed E-state index contributed by atoms with van der Waals surface area (Å²) < 4.78 is 10.6. The molecule has 2 heterocycles. The molecule has 2 saturated heterocycles. The van der Waals surface area contributed by atoms with Crippen LogP contribution in [0.1, 0.15) is 25.3 Å². The predicted octanol–water partition coefficient (Wildman–Crippen LogP) is 1.75. The number of carbonyl (C=O) groups excluding carboxylic acids is 2. The van der Waals surface area contributed by atoms with E-state index in [1.54, 1.807) is 4.90 Å². The Bertz CT molecular complexity index is 626. The quantitative estimate of drug-likeness (QED) is 0.777. The van der Waals surface area contributed by atoms with Gasteiger partial charge in [-0.25, -0.2) is 4.79 Å². The standard InChI is InChI=1S/C19H27N3O4/c1-2-25-18(23)15-7-9-21(10-8-15)12-17-13-22(19(24)26-17)16-5-3-14(11-20)4-6-16/h3-6,15,17H,2,7-13,20H2,1H3. The van der Waals surface area contributed by atoms with Crippen LogP contribution in [-0.4, -0.2) is 55.9 Å². The van der Waals surface area contributed by atoms with Crippen molar-refractivity contribution in [1.29, 1.82) is 0 Å². The lowest BCUT2D eigenvalue weighted by Gasteiger charge is -2.31. The van der Waals surface area contributed by atoms with E-state index in [1.165, 1.54) is 0 Å². The number of amides is 1. The molecule has 1 amide bonds. The average molecular weight is 361 g/mol. The van der Waals surface area contributed by atoms with Gasteiger partial charge in [-0.1, -0.05) is 12.1 Å². The number of benzene rings is 1. The van der Waals surface area contributed by atoms with Crippen LogP contribution in [0.2, 0.25) is 0 Å². The number of nitrogens with two attached hydrogens (primary N) is 1. The third-order valence-corrected chi connectivity index (χ3v) is 5.03. The molecule has 26 heavy (non-hydrogen) atoms. The van der Waals surface area contributed by atoms with Crippen LogP contribution < -0.4 is 10.6 Å². The van der Waals surface area contributed by atoms with Gasteiger partial charge in [0.15, 0.2) is 0 Å². The van der Waals surface area contributed by atoms with Gasteiger partial charge in [-0.15, -0.1) is 0 Å². The fourth-order valence-corrected chi connectivity index (χ4v) is 3.54. The topological polar surface area (TPSA) is 85.1 Å². The lowest BCUT2D eigenvalue weighted by molar-refractivity contribution is -0.149. The molecule has 0 radical (unpaired) electrons. The highest BCUT2D eigenvalue weighted by atomic mass is 16.6. The number of nitrogens with zero attached hydrogens (tertiary/aromatic N) is 2. The number of likely N-dealkylation sites (tertiary alicyclic amines) is 1. The average Bonchev–Trinajstić information content (AvgIpc) is 3.02. The number of rotatable bonds is 6. The van der Waals surface area contributed by atoms with Crippen molar-refractivity contribution in [3.05, 3.63) is 29.8 Å². The van der Waals surface area contributed by atoms with Gasteiger partial charge >= 0.3 is 12.1 Å². The molecule has 2 aliphatic heterocycles. The Balaban J connectivity index is 1.49. The number of carbonyl (C=O) groups is 2. The van der Waals surface area contributed by atoms with Crippen LogP contribution in [0.25, 0.3) is 0 Å². The molecule has 0 aromatic heterocycles. The van der Waals surface area contributed by atoms with Crippen molar-refractivity contribution < 1.29 is 19.1 Å². The zero-order chi connectivity index (χ0) is 18.5. The molecule has 2 N–H and O–H groups in total. The molecule has 7 nitrogen and oxygen atoms in total. The molecule has 1 aromatic carbocycles. The van der Waals surface area contributed by atoms with Crippen LogP contribution in [-0.2, 0) is 20.8 Å². The molecule has 2 fully saturated rings. The van der Waals surface area contributed by atoms with Crippen LogP contribution in [0.5, 0.6) is 0 Å². The number of hydrogen-bond donors (Lipinski definition) is 1. The summed E-state index contributed by atoms with van der Waals surface area (Å²) in [5.41, 5.74) is 7.47. The van der Waals surface area contributed by atoms with Gasteiger partial charge in [-0.2, -0.15) is 0 Å². The monoisotopic (exact) mass is 361 g/mol. The van der Waals surface area contributed by atoms with E-state index in [1.807, 2.05) is 31.2 Å². The molecule has 7 heteroatoms. The van der Waals surface area contributed by atoms with Gasteiger partial charge in [0.25, 0.3) is 0 Å².